The number of hydrogen-bond acceptors (Lipinski definition) is 4. The van der Waals surface area contributed by atoms with Gasteiger partial charge in [-0.25, -0.2) is 0 Å². The molecule has 366 valence electrons. The summed E-state index contributed by atoms with van der Waals surface area (Å²) in [6.45, 7) is 17.8. The van der Waals surface area contributed by atoms with Crippen molar-refractivity contribution in [3.05, 3.63) is 208 Å². The van der Waals surface area contributed by atoms with Crippen LogP contribution in [0, 0.1) is 21.9 Å². The average molecular weight is 1150 g/mol. The van der Waals surface area contributed by atoms with E-state index in [1.54, 1.807) is 0 Å². The summed E-state index contributed by atoms with van der Waals surface area (Å²) in [7, 11) is 0. The van der Waals surface area contributed by atoms with Crippen LogP contribution in [0.3, 0.4) is 0 Å². The first-order valence-electron chi connectivity index (χ1n) is 27.5. The standard InChI is InChI=1S/C66H56BN5O.Pt/c1-42(2)34-43-35-54(44-20-10-9-11-21-44)63(55(36-43)45-37-46(65(3,4)5)39-47(38-45)66(6,7)8)70-41-69(57-28-14-15-29-58(57)70)48-22-18-23-49(40-48)73-61-33-32-53-52-26-19-25-51-50-24-12-13-27-56(50)71-59-30-16-17-31-60(59)72(64(53)68-61)67(71)62(51)52;/h9-30,32-33,35-39,42H,34H2,1-8H3;/q-2;/i14D,15D,28D,29D;. The molecule has 10 aromatic rings. The number of benzene rings is 8. The molecule has 0 fully saturated rings. The second kappa shape index (κ2) is 17.3. The Morgan fingerprint density at radius 3 is 2.01 bits per heavy atom. The molecule has 0 unspecified atom stereocenters. The molecule has 0 spiro atoms. The molecule has 8 aromatic carbocycles. The van der Waals surface area contributed by atoms with Crippen molar-refractivity contribution in [3.8, 4) is 67.5 Å². The molecule has 13 rings (SSSR count). The summed E-state index contributed by atoms with van der Waals surface area (Å²) in [5, 5.41) is 0. The summed E-state index contributed by atoms with van der Waals surface area (Å²) in [6.07, 6.45) is 0.841. The summed E-state index contributed by atoms with van der Waals surface area (Å²) in [4.78, 5) is 10.0. The van der Waals surface area contributed by atoms with Crippen molar-refractivity contribution in [1.82, 2.24) is 14.1 Å². The normalized spacial score (nSPS) is 14.1. The van der Waals surface area contributed by atoms with Gasteiger partial charge in [-0.1, -0.05) is 30.3 Å². The monoisotopic (exact) mass is 1140 g/mol. The van der Waals surface area contributed by atoms with E-state index in [1.807, 2.05) is 47.0 Å². The van der Waals surface area contributed by atoms with Crippen LogP contribution in [0.15, 0.2) is 176 Å². The Kier molecular flexibility index (Phi) is 9.82. The molecule has 5 heterocycles. The van der Waals surface area contributed by atoms with Gasteiger partial charge >= 0.3 is 383 Å². The van der Waals surface area contributed by atoms with Crippen LogP contribution in [0.4, 0.5) is 22.9 Å². The third-order valence-electron chi connectivity index (χ3n) is 14.7. The van der Waals surface area contributed by atoms with Crippen LogP contribution in [0.5, 0.6) is 11.6 Å². The van der Waals surface area contributed by atoms with E-state index in [4.69, 9.17) is 11.1 Å². The summed E-state index contributed by atoms with van der Waals surface area (Å²) >= 11 is 2.31. The zero-order valence-electron chi connectivity index (χ0n) is 46.8. The SMILES string of the molecule is [2H]c1c([2H])c([2H])c2c(c1[2H])n(-c1[c-]c(Oc3ccc4c(n3)N3B5c6c(cccc6-4)-c4ccccc4N5c4ccc[c-]c43)ccc1)[c](=[Pt])n2-c1c(-c2ccccc2)cc(CC(C)C)cc1-c1cc(C(C)(C)C)cc(C(C)(C)C)c1. The molecule has 3 aliphatic rings. The Balaban J connectivity index is 1.01. The molecule has 0 aliphatic carbocycles. The van der Waals surface area contributed by atoms with Crippen LogP contribution in [0.2, 0.25) is 0 Å². The Morgan fingerprint density at radius 2 is 1.28 bits per heavy atom. The van der Waals surface area contributed by atoms with E-state index < -0.39 is 0 Å². The van der Waals surface area contributed by atoms with Gasteiger partial charge in [-0.05, 0) is 11.6 Å². The number of anilines is 4. The second-order valence-corrected chi connectivity index (χ2v) is 23.3. The van der Waals surface area contributed by atoms with Crippen LogP contribution in [0.25, 0.3) is 66.9 Å². The first kappa shape index (κ1) is 41.9. The number of para-hydroxylation sites is 4. The van der Waals surface area contributed by atoms with E-state index in [0.717, 1.165) is 68.4 Å². The molecule has 3 aliphatic heterocycles. The van der Waals surface area contributed by atoms with E-state index in [1.165, 1.54) is 33.3 Å². The third kappa shape index (κ3) is 7.49. The topological polar surface area (TPSA) is 38.5 Å². The van der Waals surface area contributed by atoms with Crippen LogP contribution in [0.1, 0.15) is 77.6 Å². The molecular weight excluding hydrogens is 1080 g/mol. The van der Waals surface area contributed by atoms with Crippen LogP contribution < -0.4 is 19.8 Å². The number of nitrogens with zero attached hydrogens (tertiary/aromatic N) is 5. The van der Waals surface area contributed by atoms with Gasteiger partial charge in [-0.3, -0.25) is 0 Å². The van der Waals surface area contributed by atoms with E-state index >= 15 is 0 Å². The minimum absolute atomic E-state index is 0.141. The van der Waals surface area contributed by atoms with E-state index in [9.17, 15) is 4.11 Å². The Morgan fingerprint density at radius 1 is 0.635 bits per heavy atom. The minimum atomic E-state index is -0.321. The van der Waals surface area contributed by atoms with Gasteiger partial charge in [0, 0.05) is 11.3 Å². The fourth-order valence-electron chi connectivity index (χ4n) is 11.3. The van der Waals surface area contributed by atoms with Gasteiger partial charge in [0.2, 0.25) is 0 Å². The van der Waals surface area contributed by atoms with E-state index in [-0.39, 0.29) is 42.0 Å². The van der Waals surface area contributed by atoms with Crippen molar-refractivity contribution in [2.24, 2.45) is 5.92 Å². The number of pyridine rings is 1. The molecule has 0 saturated heterocycles. The Hall–Kier alpha value is -7.47. The second-order valence-electron chi connectivity index (χ2n) is 22.2. The number of imidazole rings is 1. The van der Waals surface area contributed by atoms with Gasteiger partial charge in [-0.15, -0.1) is 6.07 Å². The summed E-state index contributed by atoms with van der Waals surface area (Å²) in [5.41, 5.74) is 18.1. The summed E-state index contributed by atoms with van der Waals surface area (Å²) < 4.78 is 49.2. The molecule has 0 N–H and O–H groups in total. The molecule has 8 heteroatoms. The van der Waals surface area contributed by atoms with E-state index in [2.05, 4.69) is 210 Å². The van der Waals surface area contributed by atoms with Crippen LogP contribution in [-0.4, -0.2) is 21.1 Å². The molecule has 0 saturated carbocycles. The molecule has 0 atom stereocenters. The van der Waals surface area contributed by atoms with Crippen molar-refractivity contribution in [2.75, 3.05) is 9.62 Å². The molecule has 0 amide bonds. The zero-order valence-corrected chi connectivity index (χ0v) is 45.0. The number of rotatable bonds is 8. The quantitative estimate of drug-likeness (QED) is 0.112. The van der Waals surface area contributed by atoms with Crippen LogP contribution in [-0.2, 0) is 36.6 Å². The van der Waals surface area contributed by atoms with Crippen molar-refractivity contribution >= 4 is 46.4 Å². The third-order valence-corrected chi connectivity index (χ3v) is 15.7. The fraction of sp³-hybridized carbons (Fsp3) is 0.182. The number of fused-ring (bicyclic) bond motifs is 10. The van der Waals surface area contributed by atoms with Crippen molar-refractivity contribution in [1.29, 1.82) is 0 Å². The molecule has 0 bridgehead atoms. The fourth-order valence-corrected chi connectivity index (χ4v) is 12.3. The van der Waals surface area contributed by atoms with E-state index in [0.29, 0.717) is 38.1 Å². The molecule has 0 radical (unpaired) electrons. The Bertz CT molecular complexity index is 4180. The number of ether oxygens (including phenoxy) is 1. The van der Waals surface area contributed by atoms with Crippen molar-refractivity contribution in [3.63, 3.8) is 0 Å². The molecule has 74 heavy (non-hydrogen) atoms. The zero-order chi connectivity index (χ0) is 54.3. The van der Waals surface area contributed by atoms with Gasteiger partial charge < -0.3 is 0 Å². The average Bonchev–Trinajstić information content (AvgIpc) is 4.02. The molecule has 2 aromatic heterocycles. The summed E-state index contributed by atoms with van der Waals surface area (Å²) in [5.74, 6) is 1.91. The van der Waals surface area contributed by atoms with Gasteiger partial charge in [0.05, 0.1) is 0 Å². The first-order valence-corrected chi connectivity index (χ1v) is 26.6. The van der Waals surface area contributed by atoms with Gasteiger partial charge in [-0.2, -0.15) is 12.1 Å². The first-order chi connectivity index (χ1) is 37.4. The van der Waals surface area contributed by atoms with Gasteiger partial charge in [0.1, 0.15) is 0 Å². The van der Waals surface area contributed by atoms with Gasteiger partial charge in [0.15, 0.2) is 0 Å². The maximum atomic E-state index is 9.80. The summed E-state index contributed by atoms with van der Waals surface area (Å²) in [6, 6.07) is 59.1. The van der Waals surface area contributed by atoms with Crippen LogP contribution >= 0.6 is 0 Å². The number of aromatic nitrogens is 3. The Labute approximate surface area is 451 Å². The number of hydrogen-bond donors (Lipinski definition) is 0. The predicted octanol–water partition coefficient (Wildman–Crippen LogP) is 16.1. The maximum absolute atomic E-state index is 9.80. The van der Waals surface area contributed by atoms with Crippen molar-refractivity contribution < 1.29 is 29.6 Å². The van der Waals surface area contributed by atoms with Gasteiger partial charge in [0.25, 0.3) is 0 Å². The van der Waals surface area contributed by atoms with Crippen molar-refractivity contribution in [2.45, 2.75) is 72.6 Å². The molecule has 6 nitrogen and oxygen atoms in total. The molecular formula is C66H56BN5OPt-2. The predicted molar refractivity (Wildman–Crippen MR) is 302 cm³/mol.